The summed E-state index contributed by atoms with van der Waals surface area (Å²) in [4.78, 5) is 14.0. The lowest BCUT2D eigenvalue weighted by atomic mass is 10.1. The third-order valence-electron chi connectivity index (χ3n) is 2.76. The number of hydrogen-bond acceptors (Lipinski definition) is 3. The molecule has 1 atom stereocenters. The number of benzene rings is 1. The lowest BCUT2D eigenvalue weighted by Gasteiger charge is -2.32. The first-order chi connectivity index (χ1) is 8.24. The number of rotatable bonds is 1. The van der Waals surface area contributed by atoms with Crippen LogP contribution in [0.3, 0.4) is 0 Å². The van der Waals surface area contributed by atoms with Crippen molar-refractivity contribution in [2.24, 2.45) is 0 Å². The second-order valence-electron chi connectivity index (χ2n) is 3.83. The van der Waals surface area contributed by atoms with Crippen molar-refractivity contribution in [1.82, 2.24) is 10.2 Å². The van der Waals surface area contributed by atoms with Crippen molar-refractivity contribution >= 4 is 28.5 Å². The Kier molecular flexibility index (Phi) is 3.97. The second-order valence-corrected chi connectivity index (χ2v) is 4.99. The molecule has 5 heteroatoms. The molecule has 0 aromatic heterocycles. The summed E-state index contributed by atoms with van der Waals surface area (Å²) in [5.41, 5.74) is 0.676. The van der Waals surface area contributed by atoms with Crippen LogP contribution in [0.4, 0.5) is 0 Å². The predicted octanol–water partition coefficient (Wildman–Crippen LogP) is 1.23. The zero-order valence-electron chi connectivity index (χ0n) is 9.19. The van der Waals surface area contributed by atoms with Crippen molar-refractivity contribution in [3.8, 4) is 6.07 Å². The van der Waals surface area contributed by atoms with Gasteiger partial charge in [0.05, 0.1) is 11.6 Å². The topological polar surface area (TPSA) is 56.1 Å². The molecule has 0 bridgehead atoms. The number of halogens is 1. The van der Waals surface area contributed by atoms with Gasteiger partial charge in [0.2, 0.25) is 0 Å². The van der Waals surface area contributed by atoms with Crippen LogP contribution in [0.2, 0.25) is 0 Å². The third-order valence-corrected chi connectivity index (χ3v) is 3.70. The van der Waals surface area contributed by atoms with E-state index < -0.39 is 0 Å². The van der Waals surface area contributed by atoms with Crippen LogP contribution in [0.5, 0.6) is 0 Å². The highest BCUT2D eigenvalue weighted by atomic mass is 127. The molecule has 1 amide bonds. The van der Waals surface area contributed by atoms with Crippen LogP contribution in [-0.2, 0) is 0 Å². The van der Waals surface area contributed by atoms with Crippen LogP contribution in [0.15, 0.2) is 24.3 Å². The molecule has 2 rings (SSSR count). The van der Waals surface area contributed by atoms with E-state index in [9.17, 15) is 4.79 Å². The molecule has 1 heterocycles. The average molecular weight is 341 g/mol. The monoisotopic (exact) mass is 341 g/mol. The molecular weight excluding hydrogens is 329 g/mol. The molecule has 4 nitrogen and oxygen atoms in total. The van der Waals surface area contributed by atoms with Gasteiger partial charge < -0.3 is 10.2 Å². The predicted molar refractivity (Wildman–Crippen MR) is 72.5 cm³/mol. The van der Waals surface area contributed by atoms with Gasteiger partial charge in [0, 0.05) is 23.2 Å². The Labute approximate surface area is 114 Å². The van der Waals surface area contributed by atoms with Crippen LogP contribution in [0.25, 0.3) is 0 Å². The van der Waals surface area contributed by atoms with Gasteiger partial charge in [0.15, 0.2) is 0 Å². The fourth-order valence-corrected chi connectivity index (χ4v) is 2.47. The molecule has 1 saturated heterocycles. The number of amides is 1. The standard InChI is InChI=1S/C12H12IN3O/c13-11-4-2-1-3-10(11)12(17)16-6-5-15-8-9(16)7-14/h1-4,9,15H,5-6,8H2. The van der Waals surface area contributed by atoms with Crippen LogP contribution in [0, 0.1) is 14.9 Å². The van der Waals surface area contributed by atoms with Gasteiger partial charge in [-0.2, -0.15) is 5.26 Å². The van der Waals surface area contributed by atoms with Crippen LogP contribution < -0.4 is 5.32 Å². The zero-order chi connectivity index (χ0) is 12.3. The minimum Gasteiger partial charge on any atom is -0.320 e. The maximum Gasteiger partial charge on any atom is 0.256 e. The van der Waals surface area contributed by atoms with E-state index in [1.807, 2.05) is 18.2 Å². The summed E-state index contributed by atoms with van der Waals surface area (Å²) < 4.78 is 0.922. The Morgan fingerprint density at radius 2 is 2.29 bits per heavy atom. The second kappa shape index (κ2) is 5.47. The molecule has 1 aromatic rings. The van der Waals surface area contributed by atoms with Crippen molar-refractivity contribution in [3.05, 3.63) is 33.4 Å². The molecular formula is C12H12IN3O. The Hall–Kier alpha value is -1.13. The molecule has 1 aliphatic rings. The lowest BCUT2D eigenvalue weighted by molar-refractivity contribution is 0.0686. The highest BCUT2D eigenvalue weighted by Crippen LogP contribution is 2.16. The zero-order valence-corrected chi connectivity index (χ0v) is 11.3. The highest BCUT2D eigenvalue weighted by Gasteiger charge is 2.27. The van der Waals surface area contributed by atoms with E-state index in [-0.39, 0.29) is 11.9 Å². The number of nitrogens with one attached hydrogen (secondary N) is 1. The molecule has 0 aliphatic carbocycles. The minimum atomic E-state index is -0.368. The summed E-state index contributed by atoms with van der Waals surface area (Å²) >= 11 is 2.14. The molecule has 88 valence electrons. The Balaban J connectivity index is 2.25. The summed E-state index contributed by atoms with van der Waals surface area (Å²) in [6.07, 6.45) is 0. The van der Waals surface area contributed by atoms with Crippen molar-refractivity contribution in [2.45, 2.75) is 6.04 Å². The number of piperazine rings is 1. The van der Waals surface area contributed by atoms with Crippen molar-refractivity contribution in [2.75, 3.05) is 19.6 Å². The molecule has 17 heavy (non-hydrogen) atoms. The van der Waals surface area contributed by atoms with E-state index >= 15 is 0 Å². The van der Waals surface area contributed by atoms with Crippen LogP contribution in [0.1, 0.15) is 10.4 Å². The van der Waals surface area contributed by atoms with E-state index in [0.717, 1.165) is 10.1 Å². The third kappa shape index (κ3) is 2.58. The molecule has 0 radical (unpaired) electrons. The van der Waals surface area contributed by atoms with Crippen LogP contribution in [-0.4, -0.2) is 36.5 Å². The summed E-state index contributed by atoms with van der Waals surface area (Å²) in [6.45, 7) is 1.88. The molecule has 0 saturated carbocycles. The fraction of sp³-hybridized carbons (Fsp3) is 0.333. The highest BCUT2D eigenvalue weighted by molar-refractivity contribution is 14.1. The van der Waals surface area contributed by atoms with E-state index in [0.29, 0.717) is 18.7 Å². The lowest BCUT2D eigenvalue weighted by Crippen LogP contribution is -2.53. The molecule has 0 spiro atoms. The first kappa shape index (κ1) is 12.3. The number of nitrogens with zero attached hydrogens (tertiary/aromatic N) is 2. The van der Waals surface area contributed by atoms with Gasteiger partial charge in [-0.3, -0.25) is 4.79 Å². The fourth-order valence-electron chi connectivity index (χ4n) is 1.85. The smallest absolute Gasteiger partial charge is 0.256 e. The number of carbonyl (C=O) groups is 1. The normalized spacial score (nSPS) is 19.8. The number of carbonyl (C=O) groups excluding carboxylic acids is 1. The van der Waals surface area contributed by atoms with E-state index in [1.165, 1.54) is 0 Å². The maximum atomic E-state index is 12.3. The van der Waals surface area contributed by atoms with Gasteiger partial charge in [-0.1, -0.05) is 12.1 Å². The summed E-state index contributed by atoms with van der Waals surface area (Å²) in [6, 6.07) is 9.25. The first-order valence-electron chi connectivity index (χ1n) is 5.40. The van der Waals surface area contributed by atoms with Crippen LogP contribution >= 0.6 is 22.6 Å². The molecule has 1 unspecified atom stereocenters. The van der Waals surface area contributed by atoms with Gasteiger partial charge in [-0.15, -0.1) is 0 Å². The molecule has 1 aliphatic heterocycles. The maximum absolute atomic E-state index is 12.3. The Morgan fingerprint density at radius 3 is 3.00 bits per heavy atom. The quantitative estimate of drug-likeness (QED) is 0.782. The Morgan fingerprint density at radius 1 is 1.53 bits per heavy atom. The van der Waals surface area contributed by atoms with Gasteiger partial charge in [-0.05, 0) is 34.7 Å². The Bertz CT molecular complexity index is 469. The van der Waals surface area contributed by atoms with Crippen molar-refractivity contribution in [3.63, 3.8) is 0 Å². The first-order valence-corrected chi connectivity index (χ1v) is 6.47. The minimum absolute atomic E-state index is 0.0527. The van der Waals surface area contributed by atoms with Crippen molar-refractivity contribution < 1.29 is 4.79 Å². The summed E-state index contributed by atoms with van der Waals surface area (Å²) in [7, 11) is 0. The van der Waals surface area contributed by atoms with E-state index in [2.05, 4.69) is 34.0 Å². The van der Waals surface area contributed by atoms with E-state index in [4.69, 9.17) is 5.26 Å². The molecule has 1 fully saturated rings. The van der Waals surface area contributed by atoms with Gasteiger partial charge in [0.25, 0.3) is 5.91 Å². The summed E-state index contributed by atoms with van der Waals surface area (Å²) in [5, 5.41) is 12.2. The SMILES string of the molecule is N#CC1CNCCN1C(=O)c1ccccc1I. The molecule has 1 aromatic carbocycles. The van der Waals surface area contributed by atoms with Gasteiger partial charge in [-0.25, -0.2) is 0 Å². The molecule has 1 N–H and O–H groups in total. The van der Waals surface area contributed by atoms with Crippen molar-refractivity contribution in [1.29, 1.82) is 5.26 Å². The van der Waals surface area contributed by atoms with Gasteiger partial charge in [0.1, 0.15) is 6.04 Å². The van der Waals surface area contributed by atoms with Gasteiger partial charge >= 0.3 is 0 Å². The largest absolute Gasteiger partial charge is 0.320 e. The summed E-state index contributed by atoms with van der Waals surface area (Å²) in [5.74, 6) is -0.0527. The number of nitriles is 1. The average Bonchev–Trinajstić information content (AvgIpc) is 2.38. The number of hydrogen-bond donors (Lipinski definition) is 1. The van der Waals surface area contributed by atoms with E-state index in [1.54, 1.807) is 11.0 Å².